The molecule has 0 amide bonds. The molecule has 0 unspecified atom stereocenters. The van der Waals surface area contributed by atoms with E-state index in [2.05, 4.69) is 5.10 Å². The van der Waals surface area contributed by atoms with Crippen LogP contribution in [0.3, 0.4) is 0 Å². The summed E-state index contributed by atoms with van der Waals surface area (Å²) in [5, 5.41) is 4.36. The number of hydrogen-bond donors (Lipinski definition) is 0. The summed E-state index contributed by atoms with van der Waals surface area (Å²) in [5.41, 5.74) is 1.64. The van der Waals surface area contributed by atoms with E-state index in [4.69, 9.17) is 9.47 Å². The fourth-order valence-electron chi connectivity index (χ4n) is 3.10. The first-order valence-corrected chi connectivity index (χ1v) is 9.73. The minimum atomic E-state index is -3.64. The standard InChI is InChI=1S/C17H22FN3O4S/c1-12-17(26(22,23)20-6-8-25-9-7-20)13(2)21(19-12)11-14-4-5-16(24-3)15(18)10-14/h4-5,10H,6-9,11H2,1-3H3. The number of rotatable bonds is 5. The van der Waals surface area contributed by atoms with Gasteiger partial charge in [0.05, 0.1) is 38.3 Å². The van der Waals surface area contributed by atoms with E-state index in [1.54, 1.807) is 30.7 Å². The van der Waals surface area contributed by atoms with Gasteiger partial charge in [-0.05, 0) is 31.5 Å². The van der Waals surface area contributed by atoms with Crippen LogP contribution in [0, 0.1) is 19.7 Å². The Morgan fingerprint density at radius 2 is 1.96 bits per heavy atom. The van der Waals surface area contributed by atoms with Crippen LogP contribution in [-0.4, -0.2) is 55.9 Å². The van der Waals surface area contributed by atoms with Crippen molar-refractivity contribution in [1.82, 2.24) is 14.1 Å². The summed E-state index contributed by atoms with van der Waals surface area (Å²) in [7, 11) is -2.23. The average molecular weight is 383 g/mol. The third-order valence-corrected chi connectivity index (χ3v) is 6.58. The monoisotopic (exact) mass is 383 g/mol. The Kier molecular flexibility index (Phi) is 5.31. The van der Waals surface area contributed by atoms with Crippen LogP contribution in [0.25, 0.3) is 0 Å². The van der Waals surface area contributed by atoms with Crippen molar-refractivity contribution in [1.29, 1.82) is 0 Å². The zero-order valence-corrected chi connectivity index (χ0v) is 15.8. The highest BCUT2D eigenvalue weighted by molar-refractivity contribution is 7.89. The van der Waals surface area contributed by atoms with Crippen LogP contribution in [0.15, 0.2) is 23.1 Å². The van der Waals surface area contributed by atoms with Crippen molar-refractivity contribution in [2.24, 2.45) is 0 Å². The van der Waals surface area contributed by atoms with Gasteiger partial charge in [0.1, 0.15) is 4.90 Å². The average Bonchev–Trinajstić information content (AvgIpc) is 2.90. The summed E-state index contributed by atoms with van der Waals surface area (Å²) in [5.74, 6) is -0.301. The van der Waals surface area contributed by atoms with E-state index in [1.165, 1.54) is 17.5 Å². The molecule has 2 aromatic rings. The van der Waals surface area contributed by atoms with E-state index in [1.807, 2.05) is 0 Å². The van der Waals surface area contributed by atoms with Gasteiger partial charge in [0, 0.05) is 13.1 Å². The predicted molar refractivity (Wildman–Crippen MR) is 93.3 cm³/mol. The normalized spacial score (nSPS) is 16.0. The molecule has 0 bridgehead atoms. The van der Waals surface area contributed by atoms with Crippen LogP contribution in [0.2, 0.25) is 0 Å². The quantitative estimate of drug-likeness (QED) is 0.786. The Bertz CT molecular complexity index is 905. The van der Waals surface area contributed by atoms with Crippen LogP contribution >= 0.6 is 0 Å². The Hall–Kier alpha value is -1.97. The van der Waals surface area contributed by atoms with Crippen LogP contribution in [-0.2, 0) is 21.3 Å². The van der Waals surface area contributed by atoms with E-state index < -0.39 is 15.8 Å². The van der Waals surface area contributed by atoms with E-state index in [0.717, 1.165) is 0 Å². The van der Waals surface area contributed by atoms with Crippen molar-refractivity contribution in [3.05, 3.63) is 41.0 Å². The molecule has 142 valence electrons. The first kappa shape index (κ1) is 18.8. The van der Waals surface area contributed by atoms with Gasteiger partial charge in [-0.1, -0.05) is 6.07 Å². The molecule has 26 heavy (non-hydrogen) atoms. The van der Waals surface area contributed by atoms with E-state index in [9.17, 15) is 12.8 Å². The minimum absolute atomic E-state index is 0.165. The number of benzene rings is 1. The molecule has 1 aliphatic rings. The van der Waals surface area contributed by atoms with E-state index in [0.29, 0.717) is 43.3 Å². The number of ether oxygens (including phenoxy) is 2. The Morgan fingerprint density at radius 1 is 1.27 bits per heavy atom. The number of sulfonamides is 1. The largest absolute Gasteiger partial charge is 0.494 e. The summed E-state index contributed by atoms with van der Waals surface area (Å²) in [6.07, 6.45) is 0. The number of nitrogens with zero attached hydrogens (tertiary/aromatic N) is 3. The van der Waals surface area contributed by atoms with Crippen molar-refractivity contribution in [3.63, 3.8) is 0 Å². The fraction of sp³-hybridized carbons (Fsp3) is 0.471. The Morgan fingerprint density at radius 3 is 2.58 bits per heavy atom. The van der Waals surface area contributed by atoms with Gasteiger partial charge < -0.3 is 9.47 Å². The van der Waals surface area contributed by atoms with Crippen molar-refractivity contribution in [2.75, 3.05) is 33.4 Å². The second kappa shape index (κ2) is 7.34. The topological polar surface area (TPSA) is 73.7 Å². The first-order valence-electron chi connectivity index (χ1n) is 8.29. The predicted octanol–water partition coefficient (Wildman–Crippen LogP) is 1.72. The van der Waals surface area contributed by atoms with Crippen LogP contribution in [0.1, 0.15) is 17.0 Å². The third-order valence-electron chi connectivity index (χ3n) is 4.43. The lowest BCUT2D eigenvalue weighted by atomic mass is 10.2. The lowest BCUT2D eigenvalue weighted by molar-refractivity contribution is 0.0730. The lowest BCUT2D eigenvalue weighted by Crippen LogP contribution is -2.41. The number of aromatic nitrogens is 2. The molecule has 2 heterocycles. The molecule has 0 atom stereocenters. The zero-order valence-electron chi connectivity index (χ0n) is 15.0. The maximum atomic E-state index is 13.9. The SMILES string of the molecule is COc1ccc(Cn2nc(C)c(S(=O)(=O)N3CCOCC3)c2C)cc1F. The molecule has 1 saturated heterocycles. The fourth-order valence-corrected chi connectivity index (χ4v) is 4.89. The number of halogens is 1. The van der Waals surface area contributed by atoms with Crippen molar-refractivity contribution >= 4 is 10.0 Å². The molecule has 1 aromatic heterocycles. The Balaban J connectivity index is 1.92. The third kappa shape index (κ3) is 3.46. The van der Waals surface area contributed by atoms with Crippen LogP contribution in [0.4, 0.5) is 4.39 Å². The lowest BCUT2D eigenvalue weighted by Gasteiger charge is -2.26. The van der Waals surface area contributed by atoms with Gasteiger partial charge in [0.15, 0.2) is 11.6 Å². The van der Waals surface area contributed by atoms with Gasteiger partial charge in [0.25, 0.3) is 0 Å². The second-order valence-electron chi connectivity index (χ2n) is 6.14. The smallest absolute Gasteiger partial charge is 0.246 e. The van der Waals surface area contributed by atoms with Crippen molar-refractivity contribution in [2.45, 2.75) is 25.3 Å². The second-order valence-corrected chi connectivity index (χ2v) is 8.02. The van der Waals surface area contributed by atoms with Gasteiger partial charge in [-0.3, -0.25) is 4.68 Å². The molecule has 1 aromatic carbocycles. The molecule has 1 aliphatic heterocycles. The van der Waals surface area contributed by atoms with Crippen molar-refractivity contribution < 1.29 is 22.3 Å². The molecule has 1 fully saturated rings. The molecule has 7 nitrogen and oxygen atoms in total. The van der Waals surface area contributed by atoms with Crippen LogP contribution in [0.5, 0.6) is 5.75 Å². The molecular weight excluding hydrogens is 361 g/mol. The summed E-state index contributed by atoms with van der Waals surface area (Å²) in [6, 6.07) is 4.64. The zero-order chi connectivity index (χ0) is 18.9. The highest BCUT2D eigenvalue weighted by Gasteiger charge is 2.32. The number of methoxy groups -OCH3 is 1. The molecular formula is C17H22FN3O4S. The highest BCUT2D eigenvalue weighted by Crippen LogP contribution is 2.25. The molecule has 0 saturated carbocycles. The van der Waals surface area contributed by atoms with Gasteiger partial charge in [-0.2, -0.15) is 9.40 Å². The maximum Gasteiger partial charge on any atom is 0.246 e. The van der Waals surface area contributed by atoms with Gasteiger partial charge in [0.2, 0.25) is 10.0 Å². The van der Waals surface area contributed by atoms with Crippen molar-refractivity contribution in [3.8, 4) is 5.75 Å². The molecule has 9 heteroatoms. The number of aryl methyl sites for hydroxylation is 1. The molecule has 0 spiro atoms. The Labute approximate surface area is 152 Å². The van der Waals surface area contributed by atoms with Gasteiger partial charge in [-0.25, -0.2) is 12.8 Å². The molecule has 3 rings (SSSR count). The summed E-state index contributed by atoms with van der Waals surface area (Å²) >= 11 is 0. The first-order chi connectivity index (χ1) is 12.3. The highest BCUT2D eigenvalue weighted by atomic mass is 32.2. The van der Waals surface area contributed by atoms with Crippen LogP contribution < -0.4 is 4.74 Å². The molecule has 0 aliphatic carbocycles. The number of morpholine rings is 1. The van der Waals surface area contributed by atoms with Gasteiger partial charge in [-0.15, -0.1) is 0 Å². The van der Waals surface area contributed by atoms with E-state index >= 15 is 0 Å². The van der Waals surface area contributed by atoms with Gasteiger partial charge >= 0.3 is 0 Å². The molecule has 0 N–H and O–H groups in total. The summed E-state index contributed by atoms with van der Waals surface area (Å²) < 4.78 is 53.0. The van der Waals surface area contributed by atoms with E-state index in [-0.39, 0.29) is 17.2 Å². The number of hydrogen-bond acceptors (Lipinski definition) is 5. The maximum absolute atomic E-state index is 13.9. The minimum Gasteiger partial charge on any atom is -0.494 e. The summed E-state index contributed by atoms with van der Waals surface area (Å²) in [4.78, 5) is 0.216. The molecule has 0 radical (unpaired) electrons. The summed E-state index contributed by atoms with van der Waals surface area (Å²) in [6.45, 7) is 5.09.